The predicted octanol–water partition coefficient (Wildman–Crippen LogP) is 1.87. The zero-order valence-electron chi connectivity index (χ0n) is 10.6. The molecule has 0 spiro atoms. The fourth-order valence-electron chi connectivity index (χ4n) is 1.38. The maximum Gasteiger partial charge on any atom is 0.276 e. The Kier molecular flexibility index (Phi) is 5.86. The highest BCUT2D eigenvalue weighted by atomic mass is 16.6. The highest BCUT2D eigenvalue weighted by Gasteiger charge is 2.10. The molecule has 1 aromatic rings. The first-order chi connectivity index (χ1) is 8.67. The molecule has 0 saturated heterocycles. The molecular formula is C11H18N4O3. The summed E-state index contributed by atoms with van der Waals surface area (Å²) in [4.78, 5) is 14.5. The van der Waals surface area contributed by atoms with Gasteiger partial charge in [0.25, 0.3) is 5.69 Å². The average Bonchev–Trinajstić information content (AvgIpc) is 2.38. The van der Waals surface area contributed by atoms with Crippen LogP contribution in [0.25, 0.3) is 0 Å². The number of ether oxygens (including phenoxy) is 1. The molecule has 0 fully saturated rings. The summed E-state index contributed by atoms with van der Waals surface area (Å²) < 4.78 is 5.20. The van der Waals surface area contributed by atoms with Gasteiger partial charge in [0, 0.05) is 26.8 Å². The quantitative estimate of drug-likeness (QED) is 0.418. The molecule has 0 atom stereocenters. The Hall–Kier alpha value is -1.89. The Bertz CT molecular complexity index is 398. The third-order valence-electron chi connectivity index (χ3n) is 2.25. The minimum Gasteiger partial charge on any atom is -0.382 e. The molecule has 2 N–H and O–H groups in total. The van der Waals surface area contributed by atoms with E-state index in [1.807, 2.05) is 6.92 Å². The molecule has 7 heteroatoms. The van der Waals surface area contributed by atoms with Crippen LogP contribution in [-0.4, -0.2) is 36.7 Å². The van der Waals surface area contributed by atoms with E-state index in [2.05, 4.69) is 15.6 Å². The van der Waals surface area contributed by atoms with Crippen LogP contribution in [0.3, 0.4) is 0 Å². The van der Waals surface area contributed by atoms with Crippen molar-refractivity contribution in [2.24, 2.45) is 0 Å². The largest absolute Gasteiger partial charge is 0.382 e. The van der Waals surface area contributed by atoms with Gasteiger partial charge in [-0.2, -0.15) is 0 Å². The predicted molar refractivity (Wildman–Crippen MR) is 70.0 cm³/mol. The molecule has 0 saturated carbocycles. The molecule has 0 aliphatic rings. The van der Waals surface area contributed by atoms with Crippen LogP contribution in [-0.2, 0) is 4.74 Å². The Labute approximate surface area is 106 Å². The minimum absolute atomic E-state index is 0.0154. The Morgan fingerprint density at radius 1 is 1.44 bits per heavy atom. The second-order valence-electron chi connectivity index (χ2n) is 3.58. The van der Waals surface area contributed by atoms with E-state index in [4.69, 9.17) is 4.74 Å². The van der Waals surface area contributed by atoms with E-state index in [-0.39, 0.29) is 5.69 Å². The minimum atomic E-state index is -0.437. The summed E-state index contributed by atoms with van der Waals surface area (Å²) in [6.07, 6.45) is 0.826. The number of rotatable bonds is 8. The van der Waals surface area contributed by atoms with E-state index >= 15 is 0 Å². The molecule has 1 heterocycles. The SMILES string of the molecule is CCOCCCNc1cc([N+](=O)[O-])cc(NC)n1. The fraction of sp³-hybridized carbons (Fsp3) is 0.545. The van der Waals surface area contributed by atoms with Crippen molar-refractivity contribution in [2.75, 3.05) is 37.4 Å². The molecular weight excluding hydrogens is 236 g/mol. The number of hydrogen-bond acceptors (Lipinski definition) is 6. The number of hydrogen-bond donors (Lipinski definition) is 2. The van der Waals surface area contributed by atoms with Gasteiger partial charge in [-0.15, -0.1) is 0 Å². The van der Waals surface area contributed by atoms with Gasteiger partial charge in [-0.25, -0.2) is 4.98 Å². The fourth-order valence-corrected chi connectivity index (χ4v) is 1.38. The van der Waals surface area contributed by atoms with E-state index in [9.17, 15) is 10.1 Å². The number of nitrogens with zero attached hydrogens (tertiary/aromatic N) is 2. The van der Waals surface area contributed by atoms with Gasteiger partial charge in [-0.1, -0.05) is 0 Å². The summed E-state index contributed by atoms with van der Waals surface area (Å²) >= 11 is 0. The number of nitro groups is 1. The van der Waals surface area contributed by atoms with Crippen molar-refractivity contribution in [3.05, 3.63) is 22.2 Å². The first-order valence-electron chi connectivity index (χ1n) is 5.83. The molecule has 0 bridgehead atoms. The molecule has 0 amide bonds. The molecule has 0 aromatic carbocycles. The molecule has 0 radical (unpaired) electrons. The van der Waals surface area contributed by atoms with Gasteiger partial charge < -0.3 is 15.4 Å². The van der Waals surface area contributed by atoms with Gasteiger partial charge in [-0.05, 0) is 13.3 Å². The van der Waals surface area contributed by atoms with Crippen molar-refractivity contribution < 1.29 is 9.66 Å². The van der Waals surface area contributed by atoms with E-state index < -0.39 is 4.92 Å². The maximum atomic E-state index is 10.7. The second-order valence-corrected chi connectivity index (χ2v) is 3.58. The zero-order valence-corrected chi connectivity index (χ0v) is 10.6. The molecule has 18 heavy (non-hydrogen) atoms. The van der Waals surface area contributed by atoms with Crippen LogP contribution >= 0.6 is 0 Å². The topological polar surface area (TPSA) is 89.3 Å². The molecule has 100 valence electrons. The van der Waals surface area contributed by atoms with Crippen molar-refractivity contribution in [3.8, 4) is 0 Å². The molecule has 0 unspecified atom stereocenters. The van der Waals surface area contributed by atoms with E-state index in [0.717, 1.165) is 6.42 Å². The van der Waals surface area contributed by atoms with E-state index in [1.165, 1.54) is 12.1 Å². The lowest BCUT2D eigenvalue weighted by atomic mass is 10.3. The van der Waals surface area contributed by atoms with Gasteiger partial charge >= 0.3 is 0 Å². The molecule has 7 nitrogen and oxygen atoms in total. The van der Waals surface area contributed by atoms with Crippen LogP contribution in [0.5, 0.6) is 0 Å². The Morgan fingerprint density at radius 2 is 2.17 bits per heavy atom. The van der Waals surface area contributed by atoms with Crippen LogP contribution in [0.1, 0.15) is 13.3 Å². The van der Waals surface area contributed by atoms with Crippen LogP contribution in [0.2, 0.25) is 0 Å². The Morgan fingerprint density at radius 3 is 2.78 bits per heavy atom. The first kappa shape index (κ1) is 14.2. The standard InChI is InChI=1S/C11H18N4O3/c1-3-18-6-4-5-13-11-8-9(15(16)17)7-10(12-2)14-11/h7-8H,3-6H2,1-2H3,(H2,12,13,14). The average molecular weight is 254 g/mol. The third kappa shape index (κ3) is 4.54. The van der Waals surface area contributed by atoms with E-state index in [0.29, 0.717) is 31.4 Å². The summed E-state index contributed by atoms with van der Waals surface area (Å²) in [5, 5.41) is 16.6. The summed E-state index contributed by atoms with van der Waals surface area (Å²) in [5.41, 5.74) is 0.0154. The number of aromatic nitrogens is 1. The van der Waals surface area contributed by atoms with Gasteiger partial charge in [0.05, 0.1) is 17.1 Å². The van der Waals surface area contributed by atoms with Crippen LogP contribution in [0.15, 0.2) is 12.1 Å². The van der Waals surface area contributed by atoms with E-state index in [1.54, 1.807) is 7.05 Å². The normalized spacial score (nSPS) is 10.1. The van der Waals surface area contributed by atoms with Crippen LogP contribution in [0.4, 0.5) is 17.3 Å². The molecule has 1 rings (SSSR count). The lowest BCUT2D eigenvalue weighted by molar-refractivity contribution is -0.384. The van der Waals surface area contributed by atoms with Crippen molar-refractivity contribution in [3.63, 3.8) is 0 Å². The van der Waals surface area contributed by atoms with Crippen LogP contribution < -0.4 is 10.6 Å². The smallest absolute Gasteiger partial charge is 0.276 e. The molecule has 0 aliphatic heterocycles. The first-order valence-corrected chi connectivity index (χ1v) is 5.83. The highest BCUT2D eigenvalue weighted by Crippen LogP contribution is 2.20. The maximum absolute atomic E-state index is 10.7. The lowest BCUT2D eigenvalue weighted by Crippen LogP contribution is -2.08. The highest BCUT2D eigenvalue weighted by molar-refractivity contribution is 5.54. The summed E-state index contributed by atoms with van der Waals surface area (Å²) in [6.45, 7) is 3.96. The monoisotopic (exact) mass is 254 g/mol. The molecule has 1 aromatic heterocycles. The van der Waals surface area contributed by atoms with Crippen molar-refractivity contribution in [2.45, 2.75) is 13.3 Å². The number of nitrogens with one attached hydrogen (secondary N) is 2. The van der Waals surface area contributed by atoms with Crippen LogP contribution in [0, 0.1) is 10.1 Å². The zero-order chi connectivity index (χ0) is 13.4. The number of pyridine rings is 1. The summed E-state index contributed by atoms with van der Waals surface area (Å²) in [5.74, 6) is 0.960. The van der Waals surface area contributed by atoms with Gasteiger partial charge in [0.2, 0.25) is 0 Å². The van der Waals surface area contributed by atoms with Crippen molar-refractivity contribution in [1.29, 1.82) is 0 Å². The van der Waals surface area contributed by atoms with Crippen molar-refractivity contribution in [1.82, 2.24) is 4.98 Å². The van der Waals surface area contributed by atoms with Crippen molar-refractivity contribution >= 4 is 17.3 Å². The van der Waals surface area contributed by atoms with Gasteiger partial charge in [-0.3, -0.25) is 10.1 Å². The Balaban J connectivity index is 2.58. The third-order valence-corrected chi connectivity index (χ3v) is 2.25. The second kappa shape index (κ2) is 7.44. The van der Waals surface area contributed by atoms with Gasteiger partial charge in [0.15, 0.2) is 0 Å². The number of anilines is 2. The van der Waals surface area contributed by atoms with Gasteiger partial charge in [0.1, 0.15) is 11.6 Å². The molecule has 0 aliphatic carbocycles. The summed E-state index contributed by atoms with van der Waals surface area (Å²) in [7, 11) is 1.67. The summed E-state index contributed by atoms with van der Waals surface area (Å²) in [6, 6.07) is 2.81. The lowest BCUT2D eigenvalue weighted by Gasteiger charge is -2.07.